The number of nitrogens with zero attached hydrogens (tertiary/aromatic N) is 2. The molecule has 1 aliphatic rings. The topological polar surface area (TPSA) is 65.8 Å². The molecule has 2 N–H and O–H groups in total. The molecule has 2 rings (SSSR count). The minimum Gasteiger partial charge on any atom is -0.394 e. The zero-order valence-electron chi connectivity index (χ0n) is 9.04. The molecule has 0 saturated carbocycles. The molecule has 1 fully saturated rings. The van der Waals surface area contributed by atoms with Crippen molar-refractivity contribution < 1.29 is 14.9 Å². The van der Waals surface area contributed by atoms with E-state index in [0.29, 0.717) is 19.8 Å². The third kappa shape index (κ3) is 2.32. The first-order chi connectivity index (χ1) is 7.85. The van der Waals surface area contributed by atoms with Crippen LogP contribution < -0.4 is 4.90 Å². The lowest BCUT2D eigenvalue weighted by Gasteiger charge is -2.35. The molecule has 5 nitrogen and oxygen atoms in total. The fraction of sp³-hybridized carbons (Fsp3) is 0.545. The SMILES string of the molecule is OCc1ccnc(N2CCOCC2CO)c1. The molecule has 1 aromatic rings. The molecule has 88 valence electrons. The van der Waals surface area contributed by atoms with E-state index in [2.05, 4.69) is 4.98 Å². The van der Waals surface area contributed by atoms with Gasteiger partial charge in [-0.1, -0.05) is 0 Å². The monoisotopic (exact) mass is 224 g/mol. The van der Waals surface area contributed by atoms with E-state index in [-0.39, 0.29) is 19.3 Å². The molecular formula is C11H16N2O3. The molecule has 0 aromatic carbocycles. The van der Waals surface area contributed by atoms with E-state index in [9.17, 15) is 5.11 Å². The van der Waals surface area contributed by atoms with Crippen molar-refractivity contribution in [1.29, 1.82) is 0 Å². The van der Waals surface area contributed by atoms with Gasteiger partial charge in [0.25, 0.3) is 0 Å². The van der Waals surface area contributed by atoms with Gasteiger partial charge in [0.15, 0.2) is 0 Å². The van der Waals surface area contributed by atoms with Gasteiger partial charge in [0.2, 0.25) is 0 Å². The predicted octanol–water partition coefficient (Wildman–Crippen LogP) is -0.229. The first-order valence-electron chi connectivity index (χ1n) is 5.36. The van der Waals surface area contributed by atoms with E-state index in [1.807, 2.05) is 11.0 Å². The number of aliphatic hydroxyl groups is 2. The summed E-state index contributed by atoms with van der Waals surface area (Å²) >= 11 is 0. The molecule has 1 atom stereocenters. The Kier molecular flexibility index (Phi) is 3.71. The van der Waals surface area contributed by atoms with E-state index in [0.717, 1.165) is 11.4 Å². The normalized spacial score (nSPS) is 21.1. The van der Waals surface area contributed by atoms with Gasteiger partial charge < -0.3 is 19.8 Å². The lowest BCUT2D eigenvalue weighted by molar-refractivity contribution is 0.0722. The van der Waals surface area contributed by atoms with Gasteiger partial charge in [-0.25, -0.2) is 4.98 Å². The number of ether oxygens (including phenoxy) is 1. The van der Waals surface area contributed by atoms with Crippen LogP contribution in [0.15, 0.2) is 18.3 Å². The zero-order valence-corrected chi connectivity index (χ0v) is 9.04. The molecule has 1 aliphatic heterocycles. The van der Waals surface area contributed by atoms with Crippen molar-refractivity contribution in [1.82, 2.24) is 4.98 Å². The number of rotatable bonds is 3. The number of hydrogen-bond donors (Lipinski definition) is 2. The molecule has 1 unspecified atom stereocenters. The van der Waals surface area contributed by atoms with Gasteiger partial charge in [-0.2, -0.15) is 0 Å². The molecule has 0 radical (unpaired) electrons. The van der Waals surface area contributed by atoms with Crippen molar-refractivity contribution >= 4 is 5.82 Å². The zero-order chi connectivity index (χ0) is 11.4. The van der Waals surface area contributed by atoms with Gasteiger partial charge in [0.1, 0.15) is 5.82 Å². The second kappa shape index (κ2) is 5.25. The summed E-state index contributed by atoms with van der Waals surface area (Å²) in [6.45, 7) is 1.92. The maximum Gasteiger partial charge on any atom is 0.129 e. The first kappa shape index (κ1) is 11.3. The van der Waals surface area contributed by atoms with Gasteiger partial charge in [-0.3, -0.25) is 0 Å². The third-order valence-corrected chi connectivity index (χ3v) is 2.73. The minimum atomic E-state index is -0.0461. The number of hydrogen-bond acceptors (Lipinski definition) is 5. The number of morpholine rings is 1. The summed E-state index contributed by atoms with van der Waals surface area (Å²) in [6.07, 6.45) is 1.67. The molecule has 0 aliphatic carbocycles. The summed E-state index contributed by atoms with van der Waals surface area (Å²) in [5.41, 5.74) is 0.827. The number of aliphatic hydroxyl groups excluding tert-OH is 2. The van der Waals surface area contributed by atoms with E-state index < -0.39 is 0 Å². The largest absolute Gasteiger partial charge is 0.394 e. The lowest BCUT2D eigenvalue weighted by atomic mass is 10.2. The van der Waals surface area contributed by atoms with Crippen molar-refractivity contribution in [3.8, 4) is 0 Å². The fourth-order valence-corrected chi connectivity index (χ4v) is 1.82. The molecule has 16 heavy (non-hydrogen) atoms. The van der Waals surface area contributed by atoms with Crippen LogP contribution in [-0.2, 0) is 11.3 Å². The average Bonchev–Trinajstić information content (AvgIpc) is 2.38. The Hall–Kier alpha value is -1.17. The Morgan fingerprint density at radius 1 is 1.50 bits per heavy atom. The van der Waals surface area contributed by atoms with Gasteiger partial charge in [-0.15, -0.1) is 0 Å². The number of anilines is 1. The van der Waals surface area contributed by atoms with Crippen LogP contribution in [-0.4, -0.2) is 47.6 Å². The standard InChI is InChI=1S/C11H16N2O3/c14-6-9-1-2-12-11(5-9)13-3-4-16-8-10(13)7-15/h1-2,5,10,14-15H,3-4,6-8H2. The summed E-state index contributed by atoms with van der Waals surface area (Å²) in [6, 6.07) is 3.57. The van der Waals surface area contributed by atoms with Crippen LogP contribution >= 0.6 is 0 Å². The molecule has 1 saturated heterocycles. The Morgan fingerprint density at radius 3 is 3.12 bits per heavy atom. The van der Waals surface area contributed by atoms with Crippen LogP contribution in [0.2, 0.25) is 0 Å². The Bertz CT molecular complexity index is 346. The van der Waals surface area contributed by atoms with Crippen LogP contribution in [0.4, 0.5) is 5.82 Å². The molecule has 0 spiro atoms. The first-order valence-corrected chi connectivity index (χ1v) is 5.36. The average molecular weight is 224 g/mol. The number of pyridine rings is 1. The van der Waals surface area contributed by atoms with E-state index in [4.69, 9.17) is 9.84 Å². The summed E-state index contributed by atoms with van der Waals surface area (Å²) in [4.78, 5) is 6.27. The number of aromatic nitrogens is 1. The summed E-state index contributed by atoms with van der Waals surface area (Å²) in [5, 5.41) is 18.3. The molecule has 5 heteroatoms. The second-order valence-electron chi connectivity index (χ2n) is 3.79. The van der Waals surface area contributed by atoms with Crippen molar-refractivity contribution in [3.63, 3.8) is 0 Å². The molecule has 2 heterocycles. The van der Waals surface area contributed by atoms with Crippen LogP contribution in [0, 0.1) is 0 Å². The van der Waals surface area contributed by atoms with Gasteiger partial charge in [0, 0.05) is 12.7 Å². The van der Waals surface area contributed by atoms with Crippen molar-refractivity contribution in [3.05, 3.63) is 23.9 Å². The molecule has 0 bridgehead atoms. The van der Waals surface area contributed by atoms with E-state index >= 15 is 0 Å². The highest BCUT2D eigenvalue weighted by molar-refractivity contribution is 5.42. The summed E-state index contributed by atoms with van der Waals surface area (Å²) < 4.78 is 5.30. The fourth-order valence-electron chi connectivity index (χ4n) is 1.82. The summed E-state index contributed by atoms with van der Waals surface area (Å²) in [5.74, 6) is 0.786. The van der Waals surface area contributed by atoms with E-state index in [1.54, 1.807) is 12.3 Å². The second-order valence-corrected chi connectivity index (χ2v) is 3.79. The maximum atomic E-state index is 9.25. The van der Waals surface area contributed by atoms with Crippen LogP contribution in [0.25, 0.3) is 0 Å². The smallest absolute Gasteiger partial charge is 0.129 e. The Balaban J connectivity index is 2.20. The van der Waals surface area contributed by atoms with Crippen LogP contribution in [0.5, 0.6) is 0 Å². The Morgan fingerprint density at radius 2 is 2.38 bits per heavy atom. The van der Waals surface area contributed by atoms with Crippen molar-refractivity contribution in [2.24, 2.45) is 0 Å². The van der Waals surface area contributed by atoms with Crippen molar-refractivity contribution in [2.75, 3.05) is 31.3 Å². The Labute approximate surface area is 94.3 Å². The van der Waals surface area contributed by atoms with Gasteiger partial charge >= 0.3 is 0 Å². The molecular weight excluding hydrogens is 208 g/mol. The summed E-state index contributed by atoms with van der Waals surface area (Å²) in [7, 11) is 0. The quantitative estimate of drug-likeness (QED) is 0.742. The minimum absolute atomic E-state index is 0.00362. The maximum absolute atomic E-state index is 9.25. The highest BCUT2D eigenvalue weighted by Gasteiger charge is 2.23. The van der Waals surface area contributed by atoms with Crippen LogP contribution in [0.3, 0.4) is 0 Å². The highest BCUT2D eigenvalue weighted by atomic mass is 16.5. The lowest BCUT2D eigenvalue weighted by Crippen LogP contribution is -2.48. The van der Waals surface area contributed by atoms with Crippen molar-refractivity contribution in [2.45, 2.75) is 12.6 Å². The third-order valence-electron chi connectivity index (χ3n) is 2.73. The molecule has 0 amide bonds. The van der Waals surface area contributed by atoms with E-state index in [1.165, 1.54) is 0 Å². The van der Waals surface area contributed by atoms with Crippen LogP contribution in [0.1, 0.15) is 5.56 Å². The van der Waals surface area contributed by atoms with Gasteiger partial charge in [-0.05, 0) is 17.7 Å². The predicted molar refractivity (Wildman–Crippen MR) is 59.2 cm³/mol. The van der Waals surface area contributed by atoms with Gasteiger partial charge in [0.05, 0.1) is 32.5 Å². The highest BCUT2D eigenvalue weighted by Crippen LogP contribution is 2.18. The molecule has 1 aromatic heterocycles.